The highest BCUT2D eigenvalue weighted by molar-refractivity contribution is 7.16. The summed E-state index contributed by atoms with van der Waals surface area (Å²) in [5, 5.41) is 10.1. The zero-order valence-electron chi connectivity index (χ0n) is 15.4. The van der Waals surface area contributed by atoms with Crippen LogP contribution in [0.2, 0.25) is 0 Å². The van der Waals surface area contributed by atoms with E-state index in [1.165, 1.54) is 5.57 Å². The summed E-state index contributed by atoms with van der Waals surface area (Å²) in [6.07, 6.45) is 9.26. The molecule has 0 saturated carbocycles. The third-order valence-corrected chi connectivity index (χ3v) is 5.81. The summed E-state index contributed by atoms with van der Waals surface area (Å²) in [6.45, 7) is 1.91. The highest BCUT2D eigenvalue weighted by atomic mass is 35.5. The number of thiazole rings is 1. The van der Waals surface area contributed by atoms with Crippen LogP contribution in [0.3, 0.4) is 0 Å². The molecule has 0 radical (unpaired) electrons. The molecule has 29 heavy (non-hydrogen) atoms. The lowest BCUT2D eigenvalue weighted by Gasteiger charge is -2.33. The Balaban J connectivity index is 0.000001000. The maximum atomic E-state index is 6.76. The second-order valence-corrected chi connectivity index (χ2v) is 7.63. The fourth-order valence-corrected chi connectivity index (χ4v) is 4.37. The zero-order valence-corrected chi connectivity index (χ0v) is 18.7. The molecular weight excluding hydrogens is 451 g/mol. The van der Waals surface area contributed by atoms with Gasteiger partial charge in [-0.25, -0.2) is 4.98 Å². The number of hydrogen-bond donors (Lipinski definition) is 4. The lowest BCUT2D eigenvalue weighted by atomic mass is 9.93. The molecule has 10 heteroatoms. The first kappa shape index (κ1) is 23.7. The van der Waals surface area contributed by atoms with E-state index >= 15 is 0 Å². The van der Waals surface area contributed by atoms with Gasteiger partial charge >= 0.3 is 0 Å². The van der Waals surface area contributed by atoms with Crippen LogP contribution in [-0.4, -0.2) is 35.6 Å². The van der Waals surface area contributed by atoms with Gasteiger partial charge in [0.15, 0.2) is 0 Å². The molecule has 4 heterocycles. The minimum absolute atomic E-state index is 0. The van der Waals surface area contributed by atoms with Gasteiger partial charge in [0.1, 0.15) is 11.5 Å². The summed E-state index contributed by atoms with van der Waals surface area (Å²) in [5.41, 5.74) is 12.2. The minimum atomic E-state index is -0.787. The van der Waals surface area contributed by atoms with E-state index in [4.69, 9.17) is 10.7 Å². The van der Waals surface area contributed by atoms with E-state index < -0.39 is 5.66 Å². The number of fused-ring (bicyclic) bond motifs is 2. The molecule has 0 bridgehead atoms. The lowest BCUT2D eigenvalue weighted by molar-refractivity contribution is 0.675. The van der Waals surface area contributed by atoms with Crippen molar-refractivity contribution >= 4 is 70.3 Å². The molecular formula is C19H23Cl3N6S. The Bertz CT molecular complexity index is 999. The summed E-state index contributed by atoms with van der Waals surface area (Å²) >= 11 is 1.63. The molecule has 3 aliphatic heterocycles. The van der Waals surface area contributed by atoms with Crippen molar-refractivity contribution in [3.63, 3.8) is 0 Å². The second kappa shape index (κ2) is 9.47. The molecule has 0 spiro atoms. The van der Waals surface area contributed by atoms with Crippen LogP contribution in [0.1, 0.15) is 6.42 Å². The molecule has 2 unspecified atom stereocenters. The van der Waals surface area contributed by atoms with Gasteiger partial charge in [0.2, 0.25) is 0 Å². The molecule has 1 aromatic heterocycles. The molecule has 5 N–H and O–H groups in total. The van der Waals surface area contributed by atoms with Gasteiger partial charge in [-0.05, 0) is 48.9 Å². The molecule has 3 aliphatic rings. The Hall–Kier alpha value is -1.61. The van der Waals surface area contributed by atoms with Gasteiger partial charge in [0.25, 0.3) is 0 Å². The van der Waals surface area contributed by atoms with Gasteiger partial charge in [-0.2, -0.15) is 0 Å². The highest BCUT2D eigenvalue weighted by Crippen LogP contribution is 2.32. The first-order valence-corrected chi connectivity index (χ1v) is 9.64. The molecule has 6 nitrogen and oxygen atoms in total. The van der Waals surface area contributed by atoms with Gasteiger partial charge in [-0.15, -0.1) is 48.6 Å². The lowest BCUT2D eigenvalue weighted by Crippen LogP contribution is -2.53. The molecule has 0 aliphatic carbocycles. The van der Waals surface area contributed by atoms with Crippen molar-refractivity contribution in [1.29, 1.82) is 0 Å². The Labute approximate surface area is 192 Å². The molecule has 2 atom stereocenters. The number of nitrogens with one attached hydrogen (secondary N) is 3. The van der Waals surface area contributed by atoms with E-state index in [9.17, 15) is 0 Å². The Morgan fingerprint density at radius 3 is 2.90 bits per heavy atom. The van der Waals surface area contributed by atoms with Gasteiger partial charge in [0, 0.05) is 24.0 Å². The van der Waals surface area contributed by atoms with Gasteiger partial charge in [-0.3, -0.25) is 4.99 Å². The predicted octanol–water partition coefficient (Wildman–Crippen LogP) is 3.37. The fourth-order valence-electron chi connectivity index (χ4n) is 3.65. The third-order valence-electron chi connectivity index (χ3n) is 5.02. The van der Waals surface area contributed by atoms with Crippen molar-refractivity contribution in [2.45, 2.75) is 18.1 Å². The number of nitrogens with zero attached hydrogens (tertiary/aromatic N) is 2. The number of nitrogens with two attached hydrogens (primary N) is 1. The van der Waals surface area contributed by atoms with Crippen LogP contribution in [0.5, 0.6) is 0 Å². The summed E-state index contributed by atoms with van der Waals surface area (Å²) in [7, 11) is 0. The minimum Gasteiger partial charge on any atom is -0.360 e. The van der Waals surface area contributed by atoms with Crippen molar-refractivity contribution in [2.75, 3.05) is 18.4 Å². The van der Waals surface area contributed by atoms with Crippen LogP contribution in [-0.2, 0) is 0 Å². The number of anilines is 1. The highest BCUT2D eigenvalue weighted by Gasteiger charge is 2.37. The normalized spacial score (nSPS) is 24.6. The Morgan fingerprint density at radius 1 is 1.24 bits per heavy atom. The molecule has 156 valence electrons. The third kappa shape index (κ3) is 4.45. The average Bonchev–Trinajstić information content (AvgIpc) is 3.29. The number of rotatable bonds is 3. The predicted molar refractivity (Wildman–Crippen MR) is 129 cm³/mol. The second-order valence-electron chi connectivity index (χ2n) is 6.74. The molecule has 5 rings (SSSR count). The fraction of sp³-hybridized carbons (Fsp3) is 0.263. The molecule has 1 aromatic carbocycles. The number of amidine groups is 1. The Morgan fingerprint density at radius 2 is 2.10 bits per heavy atom. The first-order chi connectivity index (χ1) is 12.7. The van der Waals surface area contributed by atoms with Crippen LogP contribution in [0.4, 0.5) is 5.69 Å². The van der Waals surface area contributed by atoms with E-state index in [1.54, 1.807) is 11.3 Å². The van der Waals surface area contributed by atoms with Crippen LogP contribution in [0.15, 0.2) is 64.3 Å². The van der Waals surface area contributed by atoms with Crippen molar-refractivity contribution in [2.24, 2.45) is 10.7 Å². The quantitative estimate of drug-likeness (QED) is 0.405. The van der Waals surface area contributed by atoms with E-state index in [1.807, 2.05) is 29.9 Å². The standard InChI is InChI=1S/C19H20N6S.3ClH/c20-19(25-13-1-2-15-17(9-13)26-11-23-15)5-8-22-18-14(19)10-16(24-18)12-3-6-21-7-4-12;;;/h1-3,5,8-11,16,21,25H,4,6-7,20H2,(H,22,24);3*1H. The average molecular weight is 474 g/mol. The number of benzene rings is 1. The van der Waals surface area contributed by atoms with Crippen molar-refractivity contribution in [3.8, 4) is 0 Å². The maximum absolute atomic E-state index is 6.76. The smallest absolute Gasteiger partial charge is 0.137 e. The van der Waals surface area contributed by atoms with E-state index in [0.29, 0.717) is 0 Å². The molecule has 0 fully saturated rings. The summed E-state index contributed by atoms with van der Waals surface area (Å²) in [5.74, 6) is 0.853. The van der Waals surface area contributed by atoms with Gasteiger partial charge in [-0.1, -0.05) is 6.08 Å². The topological polar surface area (TPSA) is 87.4 Å². The van der Waals surface area contributed by atoms with Crippen LogP contribution >= 0.6 is 48.6 Å². The van der Waals surface area contributed by atoms with Crippen LogP contribution in [0, 0.1) is 0 Å². The monoisotopic (exact) mass is 472 g/mol. The van der Waals surface area contributed by atoms with Crippen LogP contribution in [0.25, 0.3) is 10.2 Å². The number of hydrogen-bond acceptors (Lipinski definition) is 7. The van der Waals surface area contributed by atoms with E-state index in [0.717, 1.165) is 46.8 Å². The SMILES string of the molecule is Cl.Cl.Cl.NC1(Nc2ccc3ncsc3c2)C=CNC2=NC(C3=CCNCC3)C=C21. The molecule has 0 amide bonds. The summed E-state index contributed by atoms with van der Waals surface area (Å²) < 4.78 is 1.14. The van der Waals surface area contributed by atoms with Gasteiger partial charge in [0.05, 0.1) is 21.8 Å². The summed E-state index contributed by atoms with van der Waals surface area (Å²) in [4.78, 5) is 9.18. The number of aromatic nitrogens is 1. The molecule has 0 saturated heterocycles. The van der Waals surface area contributed by atoms with E-state index in [-0.39, 0.29) is 43.3 Å². The maximum Gasteiger partial charge on any atom is 0.137 e. The Kier molecular flexibility index (Phi) is 7.73. The number of halogens is 3. The van der Waals surface area contributed by atoms with Crippen molar-refractivity contribution in [3.05, 3.63) is 59.3 Å². The summed E-state index contributed by atoms with van der Waals surface area (Å²) in [6, 6.07) is 6.20. The van der Waals surface area contributed by atoms with Crippen molar-refractivity contribution in [1.82, 2.24) is 15.6 Å². The van der Waals surface area contributed by atoms with Crippen molar-refractivity contribution < 1.29 is 0 Å². The molecule has 2 aromatic rings. The zero-order chi connectivity index (χ0) is 17.6. The first-order valence-electron chi connectivity index (χ1n) is 8.76. The van der Waals surface area contributed by atoms with Gasteiger partial charge < -0.3 is 21.7 Å². The number of aliphatic imine (C=N–C) groups is 1. The van der Waals surface area contributed by atoms with E-state index in [2.05, 4.69) is 39.2 Å². The largest absolute Gasteiger partial charge is 0.360 e. The van der Waals surface area contributed by atoms with Crippen LogP contribution < -0.4 is 21.7 Å².